The molecule has 1 unspecified atom stereocenters. The largest absolute Gasteiger partial charge is 0.327 e. The minimum atomic E-state index is 0.740. The summed E-state index contributed by atoms with van der Waals surface area (Å²) in [5.74, 6) is 1.30. The molecule has 3 heteroatoms. The lowest BCUT2D eigenvalue weighted by molar-refractivity contribution is 0.258. The molecule has 1 aromatic heterocycles. The van der Waals surface area contributed by atoms with Gasteiger partial charge in [-0.05, 0) is 44.0 Å². The molecule has 0 radical (unpaired) electrons. The van der Waals surface area contributed by atoms with Gasteiger partial charge in [-0.1, -0.05) is 6.07 Å². The van der Waals surface area contributed by atoms with Gasteiger partial charge in [0.25, 0.3) is 0 Å². The summed E-state index contributed by atoms with van der Waals surface area (Å²) in [4.78, 5) is 7.52. The van der Waals surface area contributed by atoms with E-state index in [0.29, 0.717) is 0 Å². The van der Waals surface area contributed by atoms with Crippen LogP contribution in [0.3, 0.4) is 0 Å². The van der Waals surface area contributed by atoms with E-state index in [1.807, 2.05) is 0 Å². The fourth-order valence-electron chi connectivity index (χ4n) is 3.55. The quantitative estimate of drug-likeness (QED) is 0.706. The SMILES string of the molecule is Cc1ccc2c(c1)nc1n2CCN2CCCC2C1. The highest BCUT2D eigenvalue weighted by Gasteiger charge is 2.29. The molecule has 1 saturated heterocycles. The Bertz CT molecular complexity index is 599. The normalized spacial score (nSPS) is 23.9. The topological polar surface area (TPSA) is 21.1 Å². The average Bonchev–Trinajstić information content (AvgIpc) is 2.88. The van der Waals surface area contributed by atoms with E-state index in [-0.39, 0.29) is 0 Å². The maximum atomic E-state index is 4.87. The highest BCUT2D eigenvalue weighted by molar-refractivity contribution is 5.77. The number of hydrogen-bond acceptors (Lipinski definition) is 2. The van der Waals surface area contributed by atoms with Gasteiger partial charge < -0.3 is 4.57 Å². The van der Waals surface area contributed by atoms with Crippen LogP contribution in [0.5, 0.6) is 0 Å². The van der Waals surface area contributed by atoms with Crippen LogP contribution in [0.25, 0.3) is 11.0 Å². The Balaban J connectivity index is 1.83. The van der Waals surface area contributed by atoms with Gasteiger partial charge in [0.2, 0.25) is 0 Å². The zero-order chi connectivity index (χ0) is 12.1. The fourth-order valence-corrected chi connectivity index (χ4v) is 3.55. The van der Waals surface area contributed by atoms with Crippen LogP contribution in [0.1, 0.15) is 24.2 Å². The van der Waals surface area contributed by atoms with E-state index >= 15 is 0 Å². The highest BCUT2D eigenvalue weighted by Crippen LogP contribution is 2.27. The van der Waals surface area contributed by atoms with Crippen molar-refractivity contribution in [2.24, 2.45) is 0 Å². The first-order valence-electron chi connectivity index (χ1n) is 7.01. The Morgan fingerprint density at radius 2 is 2.17 bits per heavy atom. The number of hydrogen-bond donors (Lipinski definition) is 0. The summed E-state index contributed by atoms with van der Waals surface area (Å²) in [6.45, 7) is 5.72. The first-order valence-corrected chi connectivity index (χ1v) is 7.01. The van der Waals surface area contributed by atoms with Crippen molar-refractivity contribution < 1.29 is 0 Å². The zero-order valence-corrected chi connectivity index (χ0v) is 10.9. The van der Waals surface area contributed by atoms with Crippen molar-refractivity contribution in [1.82, 2.24) is 14.5 Å². The molecule has 0 saturated carbocycles. The smallest absolute Gasteiger partial charge is 0.111 e. The van der Waals surface area contributed by atoms with Crippen molar-refractivity contribution in [2.75, 3.05) is 13.1 Å². The lowest BCUT2D eigenvalue weighted by Gasteiger charge is -2.20. The van der Waals surface area contributed by atoms with E-state index in [9.17, 15) is 0 Å². The number of benzene rings is 1. The number of rotatable bonds is 0. The Hall–Kier alpha value is -1.35. The molecule has 2 aliphatic rings. The van der Waals surface area contributed by atoms with Crippen LogP contribution in [0.2, 0.25) is 0 Å². The van der Waals surface area contributed by atoms with Gasteiger partial charge in [-0.25, -0.2) is 4.98 Å². The Morgan fingerprint density at radius 1 is 1.22 bits per heavy atom. The van der Waals surface area contributed by atoms with Crippen LogP contribution in [0, 0.1) is 6.92 Å². The van der Waals surface area contributed by atoms with Gasteiger partial charge in [0.05, 0.1) is 11.0 Å². The number of aromatic nitrogens is 2. The second-order valence-corrected chi connectivity index (χ2v) is 5.71. The molecule has 2 aliphatic heterocycles. The molecule has 0 amide bonds. The lowest BCUT2D eigenvalue weighted by Crippen LogP contribution is -2.30. The Kier molecular flexibility index (Phi) is 2.24. The molecule has 1 atom stereocenters. The summed E-state index contributed by atoms with van der Waals surface area (Å²) in [6.07, 6.45) is 3.85. The summed E-state index contributed by atoms with van der Waals surface area (Å²) in [5, 5.41) is 0. The van der Waals surface area contributed by atoms with Crippen LogP contribution in [0.15, 0.2) is 18.2 Å². The number of nitrogens with zero attached hydrogens (tertiary/aromatic N) is 3. The van der Waals surface area contributed by atoms with E-state index in [1.165, 1.54) is 48.4 Å². The number of fused-ring (bicyclic) bond motifs is 4. The molecule has 1 fully saturated rings. The molecule has 0 bridgehead atoms. The third-order valence-electron chi connectivity index (χ3n) is 4.51. The molecule has 0 spiro atoms. The van der Waals surface area contributed by atoms with E-state index in [4.69, 9.17) is 4.98 Å². The van der Waals surface area contributed by atoms with Gasteiger partial charge in [-0.3, -0.25) is 4.90 Å². The van der Waals surface area contributed by atoms with Gasteiger partial charge in [0, 0.05) is 25.6 Å². The van der Waals surface area contributed by atoms with Gasteiger partial charge in [-0.2, -0.15) is 0 Å². The van der Waals surface area contributed by atoms with Crippen molar-refractivity contribution in [1.29, 1.82) is 0 Å². The second-order valence-electron chi connectivity index (χ2n) is 5.71. The summed E-state index contributed by atoms with van der Waals surface area (Å²) >= 11 is 0. The minimum absolute atomic E-state index is 0.740. The lowest BCUT2D eigenvalue weighted by atomic mass is 10.1. The molecule has 94 valence electrons. The minimum Gasteiger partial charge on any atom is -0.327 e. The third kappa shape index (κ3) is 1.50. The average molecular weight is 241 g/mol. The third-order valence-corrected chi connectivity index (χ3v) is 4.51. The Labute approximate surface area is 107 Å². The molecule has 0 aliphatic carbocycles. The first kappa shape index (κ1) is 10.6. The highest BCUT2D eigenvalue weighted by atomic mass is 15.2. The number of imidazole rings is 1. The monoisotopic (exact) mass is 241 g/mol. The standard InChI is InChI=1S/C15H19N3/c1-11-4-5-14-13(9-11)16-15-10-12-3-2-6-17(12)7-8-18(14)15/h4-5,9,12H,2-3,6-8,10H2,1H3. The van der Waals surface area contributed by atoms with Gasteiger partial charge in [0.15, 0.2) is 0 Å². The summed E-state index contributed by atoms with van der Waals surface area (Å²) in [7, 11) is 0. The van der Waals surface area contributed by atoms with Gasteiger partial charge in [0.1, 0.15) is 5.82 Å². The van der Waals surface area contributed by atoms with Crippen LogP contribution in [-0.4, -0.2) is 33.6 Å². The zero-order valence-electron chi connectivity index (χ0n) is 10.9. The first-order chi connectivity index (χ1) is 8.81. The maximum absolute atomic E-state index is 4.87. The van der Waals surface area contributed by atoms with Crippen molar-refractivity contribution in [3.63, 3.8) is 0 Å². The van der Waals surface area contributed by atoms with Crippen LogP contribution in [-0.2, 0) is 13.0 Å². The second kappa shape index (κ2) is 3.82. The molecule has 3 nitrogen and oxygen atoms in total. The van der Waals surface area contributed by atoms with E-state index in [1.54, 1.807) is 0 Å². The van der Waals surface area contributed by atoms with Gasteiger partial charge >= 0.3 is 0 Å². The van der Waals surface area contributed by atoms with Crippen molar-refractivity contribution in [2.45, 2.75) is 38.8 Å². The molecule has 0 N–H and O–H groups in total. The maximum Gasteiger partial charge on any atom is 0.111 e. The van der Waals surface area contributed by atoms with Crippen LogP contribution < -0.4 is 0 Å². The van der Waals surface area contributed by atoms with Crippen molar-refractivity contribution in [3.8, 4) is 0 Å². The van der Waals surface area contributed by atoms with Crippen LogP contribution in [0.4, 0.5) is 0 Å². The molecule has 1 aromatic carbocycles. The van der Waals surface area contributed by atoms with E-state index < -0.39 is 0 Å². The van der Waals surface area contributed by atoms with Gasteiger partial charge in [-0.15, -0.1) is 0 Å². The molecule has 3 heterocycles. The Morgan fingerprint density at radius 3 is 3.11 bits per heavy atom. The molecule has 2 aromatic rings. The summed E-state index contributed by atoms with van der Waals surface area (Å²) < 4.78 is 2.44. The number of aryl methyl sites for hydroxylation is 1. The van der Waals surface area contributed by atoms with Crippen LogP contribution >= 0.6 is 0 Å². The summed E-state index contributed by atoms with van der Waals surface area (Å²) in [6, 6.07) is 7.38. The van der Waals surface area contributed by atoms with Crippen molar-refractivity contribution in [3.05, 3.63) is 29.6 Å². The summed E-state index contributed by atoms with van der Waals surface area (Å²) in [5.41, 5.74) is 3.80. The fraction of sp³-hybridized carbons (Fsp3) is 0.533. The molecular formula is C15H19N3. The predicted octanol–water partition coefficient (Wildman–Crippen LogP) is 2.37. The predicted molar refractivity (Wildman–Crippen MR) is 72.8 cm³/mol. The van der Waals surface area contributed by atoms with E-state index in [0.717, 1.165) is 19.0 Å². The molecule has 18 heavy (non-hydrogen) atoms. The van der Waals surface area contributed by atoms with E-state index in [2.05, 4.69) is 34.6 Å². The molecular weight excluding hydrogens is 222 g/mol. The van der Waals surface area contributed by atoms with Crippen molar-refractivity contribution >= 4 is 11.0 Å². The molecule has 4 rings (SSSR count).